The van der Waals surface area contributed by atoms with Gasteiger partial charge in [-0.15, -0.1) is 0 Å². The molecule has 0 aliphatic carbocycles. The van der Waals surface area contributed by atoms with Gasteiger partial charge in [0, 0.05) is 36.2 Å². The van der Waals surface area contributed by atoms with E-state index in [1.54, 1.807) is 6.33 Å². The van der Waals surface area contributed by atoms with Crippen molar-refractivity contribution in [2.75, 3.05) is 18.4 Å². The van der Waals surface area contributed by atoms with Crippen molar-refractivity contribution in [2.45, 2.75) is 33.1 Å². The van der Waals surface area contributed by atoms with Gasteiger partial charge >= 0.3 is 0 Å². The standard InChI is InChI=1S/C19H24N6O/c1-4-18(26)25-7-5-6-15(11-25)9-16-10-17(21-12-20-16)24-19-22-13(2)8-14(3)23-19/h4,8,10,12,15H,1,5-7,9,11H2,2-3H3,(H,20,21,22,23,24). The molecule has 1 aliphatic rings. The molecule has 1 unspecified atom stereocenters. The van der Waals surface area contributed by atoms with Crippen molar-refractivity contribution in [3.05, 3.63) is 48.2 Å². The number of aromatic nitrogens is 4. The van der Waals surface area contributed by atoms with Gasteiger partial charge in [0.2, 0.25) is 11.9 Å². The van der Waals surface area contributed by atoms with Crippen molar-refractivity contribution < 1.29 is 4.79 Å². The largest absolute Gasteiger partial charge is 0.339 e. The average Bonchev–Trinajstić information content (AvgIpc) is 2.60. The van der Waals surface area contributed by atoms with Gasteiger partial charge in [-0.05, 0) is 51.2 Å². The minimum Gasteiger partial charge on any atom is -0.339 e. The van der Waals surface area contributed by atoms with Crippen LogP contribution in [0.4, 0.5) is 11.8 Å². The number of aryl methyl sites for hydroxylation is 2. The van der Waals surface area contributed by atoms with Crippen LogP contribution in [0.1, 0.15) is 29.9 Å². The second kappa shape index (κ2) is 8.03. The van der Waals surface area contributed by atoms with Gasteiger partial charge in [0.1, 0.15) is 12.1 Å². The highest BCUT2D eigenvalue weighted by atomic mass is 16.2. The smallest absolute Gasteiger partial charge is 0.245 e. The molecular formula is C19H24N6O. The van der Waals surface area contributed by atoms with E-state index >= 15 is 0 Å². The molecule has 1 atom stereocenters. The zero-order chi connectivity index (χ0) is 18.5. The molecule has 1 aliphatic heterocycles. The average molecular weight is 352 g/mol. The maximum Gasteiger partial charge on any atom is 0.245 e. The third kappa shape index (κ3) is 4.62. The Bertz CT molecular complexity index is 786. The highest BCUT2D eigenvalue weighted by Crippen LogP contribution is 2.21. The predicted octanol–water partition coefficient (Wildman–Crippen LogP) is 2.59. The van der Waals surface area contributed by atoms with Crippen molar-refractivity contribution in [3.8, 4) is 0 Å². The van der Waals surface area contributed by atoms with Crippen LogP contribution in [0.2, 0.25) is 0 Å². The molecule has 0 spiro atoms. The number of carbonyl (C=O) groups excluding carboxylic acids is 1. The Labute approximate surface area is 153 Å². The Morgan fingerprint density at radius 3 is 2.81 bits per heavy atom. The van der Waals surface area contributed by atoms with Crippen LogP contribution in [0.3, 0.4) is 0 Å². The summed E-state index contributed by atoms with van der Waals surface area (Å²) in [5.74, 6) is 1.61. The fourth-order valence-electron chi connectivity index (χ4n) is 3.33. The highest BCUT2D eigenvalue weighted by Gasteiger charge is 2.22. The first-order chi connectivity index (χ1) is 12.5. The van der Waals surface area contributed by atoms with E-state index in [0.717, 1.165) is 49.4 Å². The lowest BCUT2D eigenvalue weighted by Crippen LogP contribution is -2.39. The summed E-state index contributed by atoms with van der Waals surface area (Å²) >= 11 is 0. The van der Waals surface area contributed by atoms with Crippen LogP contribution < -0.4 is 5.32 Å². The van der Waals surface area contributed by atoms with E-state index < -0.39 is 0 Å². The Balaban J connectivity index is 1.67. The van der Waals surface area contributed by atoms with Crippen LogP contribution >= 0.6 is 0 Å². The Morgan fingerprint density at radius 2 is 2.08 bits per heavy atom. The molecule has 2 aromatic heterocycles. The number of nitrogens with zero attached hydrogens (tertiary/aromatic N) is 5. The molecule has 26 heavy (non-hydrogen) atoms. The summed E-state index contributed by atoms with van der Waals surface area (Å²) in [5.41, 5.74) is 2.76. The zero-order valence-corrected chi connectivity index (χ0v) is 15.3. The SMILES string of the molecule is C=CC(=O)N1CCCC(Cc2cc(Nc3nc(C)cc(C)n3)ncn2)C1. The molecule has 1 N–H and O–H groups in total. The monoisotopic (exact) mass is 352 g/mol. The van der Waals surface area contributed by atoms with Crippen LogP contribution in [0, 0.1) is 19.8 Å². The van der Waals surface area contributed by atoms with E-state index in [1.807, 2.05) is 30.9 Å². The van der Waals surface area contributed by atoms with Crippen molar-refractivity contribution in [1.82, 2.24) is 24.8 Å². The lowest BCUT2D eigenvalue weighted by Gasteiger charge is -2.32. The van der Waals surface area contributed by atoms with E-state index in [2.05, 4.69) is 31.8 Å². The quantitative estimate of drug-likeness (QED) is 0.833. The van der Waals surface area contributed by atoms with E-state index in [0.29, 0.717) is 17.7 Å². The van der Waals surface area contributed by atoms with E-state index in [4.69, 9.17) is 0 Å². The molecule has 0 saturated carbocycles. The van der Waals surface area contributed by atoms with Crippen LogP contribution in [-0.4, -0.2) is 43.8 Å². The fraction of sp³-hybridized carbons (Fsp3) is 0.421. The summed E-state index contributed by atoms with van der Waals surface area (Å²) in [6.45, 7) is 9.00. The molecular weight excluding hydrogens is 328 g/mol. The normalized spacial score (nSPS) is 17.0. The summed E-state index contributed by atoms with van der Waals surface area (Å²) < 4.78 is 0. The second-order valence-corrected chi connectivity index (χ2v) is 6.69. The van der Waals surface area contributed by atoms with Gasteiger partial charge in [0.25, 0.3) is 0 Å². The Hall–Kier alpha value is -2.83. The maximum absolute atomic E-state index is 11.8. The summed E-state index contributed by atoms with van der Waals surface area (Å²) in [4.78, 5) is 31.1. The molecule has 0 radical (unpaired) electrons. The van der Waals surface area contributed by atoms with Gasteiger partial charge in [-0.3, -0.25) is 4.79 Å². The number of rotatable bonds is 5. The number of carbonyl (C=O) groups is 1. The molecule has 3 rings (SSSR count). The van der Waals surface area contributed by atoms with Crippen LogP contribution in [0.5, 0.6) is 0 Å². The van der Waals surface area contributed by atoms with Gasteiger partial charge in [0.15, 0.2) is 0 Å². The molecule has 3 heterocycles. The summed E-state index contributed by atoms with van der Waals surface area (Å²) in [5, 5.41) is 3.15. The third-order valence-corrected chi connectivity index (χ3v) is 4.45. The molecule has 7 nitrogen and oxygen atoms in total. The number of hydrogen-bond acceptors (Lipinski definition) is 6. The van der Waals surface area contributed by atoms with Gasteiger partial charge in [0.05, 0.1) is 0 Å². The lowest BCUT2D eigenvalue weighted by molar-refractivity contribution is -0.127. The fourth-order valence-corrected chi connectivity index (χ4v) is 3.33. The number of likely N-dealkylation sites (tertiary alicyclic amines) is 1. The molecule has 0 bridgehead atoms. The maximum atomic E-state index is 11.8. The predicted molar refractivity (Wildman–Crippen MR) is 100 cm³/mol. The number of anilines is 2. The van der Waals surface area contributed by atoms with Crippen LogP contribution in [-0.2, 0) is 11.2 Å². The number of nitrogens with one attached hydrogen (secondary N) is 1. The molecule has 0 aromatic carbocycles. The second-order valence-electron chi connectivity index (χ2n) is 6.69. The third-order valence-electron chi connectivity index (χ3n) is 4.45. The van der Waals surface area contributed by atoms with Gasteiger partial charge < -0.3 is 10.2 Å². The van der Waals surface area contributed by atoms with Crippen molar-refractivity contribution >= 4 is 17.7 Å². The summed E-state index contributed by atoms with van der Waals surface area (Å²) in [6.07, 6.45) is 5.85. The van der Waals surface area contributed by atoms with E-state index in [-0.39, 0.29) is 5.91 Å². The molecule has 1 saturated heterocycles. The van der Waals surface area contributed by atoms with Gasteiger partial charge in [-0.2, -0.15) is 0 Å². The van der Waals surface area contributed by atoms with Crippen LogP contribution in [0.15, 0.2) is 31.1 Å². The van der Waals surface area contributed by atoms with Crippen molar-refractivity contribution in [1.29, 1.82) is 0 Å². The first kappa shape index (κ1) is 18.0. The number of piperidine rings is 1. The zero-order valence-electron chi connectivity index (χ0n) is 15.3. The molecule has 7 heteroatoms. The minimum absolute atomic E-state index is 0.00621. The number of amides is 1. The molecule has 136 valence electrons. The molecule has 1 amide bonds. The van der Waals surface area contributed by atoms with Gasteiger partial charge in [-0.1, -0.05) is 6.58 Å². The van der Waals surface area contributed by atoms with Crippen molar-refractivity contribution in [2.24, 2.45) is 5.92 Å². The minimum atomic E-state index is 0.00621. The van der Waals surface area contributed by atoms with Gasteiger partial charge in [-0.25, -0.2) is 19.9 Å². The highest BCUT2D eigenvalue weighted by molar-refractivity contribution is 5.87. The lowest BCUT2D eigenvalue weighted by atomic mass is 9.93. The Kier molecular flexibility index (Phi) is 5.55. The molecule has 1 fully saturated rings. The van der Waals surface area contributed by atoms with Crippen LogP contribution in [0.25, 0.3) is 0 Å². The summed E-state index contributed by atoms with van der Waals surface area (Å²) in [6, 6.07) is 3.85. The summed E-state index contributed by atoms with van der Waals surface area (Å²) in [7, 11) is 0. The van der Waals surface area contributed by atoms with Crippen molar-refractivity contribution in [3.63, 3.8) is 0 Å². The molecule has 2 aromatic rings. The number of hydrogen-bond donors (Lipinski definition) is 1. The first-order valence-electron chi connectivity index (χ1n) is 8.85. The Morgan fingerprint density at radius 1 is 1.31 bits per heavy atom. The first-order valence-corrected chi connectivity index (χ1v) is 8.85. The van der Waals surface area contributed by atoms with E-state index in [9.17, 15) is 4.79 Å². The van der Waals surface area contributed by atoms with E-state index in [1.165, 1.54) is 6.08 Å². The topological polar surface area (TPSA) is 83.9 Å².